The Balaban J connectivity index is 2.03. The molecule has 3 rings (SSSR count). The zero-order valence-corrected chi connectivity index (χ0v) is 14.1. The van der Waals surface area contributed by atoms with Crippen LogP contribution >= 0.6 is 0 Å². The molecular formula is C18H18N2O5. The first-order chi connectivity index (χ1) is 12.1. The SMILES string of the molecule is COc1ccccc1C1=NN(C(C)=O)[C@H](c2cccc(OC)c2O)O1. The number of ether oxygens (including phenoxy) is 3. The minimum Gasteiger partial charge on any atom is -0.504 e. The van der Waals surface area contributed by atoms with Crippen molar-refractivity contribution in [1.82, 2.24) is 5.01 Å². The van der Waals surface area contributed by atoms with Gasteiger partial charge >= 0.3 is 0 Å². The summed E-state index contributed by atoms with van der Waals surface area (Å²) in [7, 11) is 3.00. The highest BCUT2D eigenvalue weighted by Gasteiger charge is 2.36. The Labute approximate surface area is 145 Å². The van der Waals surface area contributed by atoms with E-state index in [-0.39, 0.29) is 23.3 Å². The smallest absolute Gasteiger partial charge is 0.244 e. The molecule has 1 amide bonds. The number of hydrogen-bond acceptors (Lipinski definition) is 6. The van der Waals surface area contributed by atoms with Crippen LogP contribution in [0, 0.1) is 0 Å². The van der Waals surface area contributed by atoms with Crippen LogP contribution in [-0.4, -0.2) is 36.1 Å². The average Bonchev–Trinajstić information content (AvgIpc) is 3.07. The number of hydrogen-bond donors (Lipinski definition) is 1. The van der Waals surface area contributed by atoms with Gasteiger partial charge in [-0.25, -0.2) is 0 Å². The van der Waals surface area contributed by atoms with E-state index < -0.39 is 6.23 Å². The molecule has 0 radical (unpaired) electrons. The van der Waals surface area contributed by atoms with Gasteiger partial charge in [0.15, 0.2) is 11.5 Å². The maximum Gasteiger partial charge on any atom is 0.244 e. The highest BCUT2D eigenvalue weighted by Crippen LogP contribution is 2.40. The fourth-order valence-corrected chi connectivity index (χ4v) is 2.60. The monoisotopic (exact) mass is 342 g/mol. The molecule has 0 bridgehead atoms. The van der Waals surface area contributed by atoms with Gasteiger partial charge in [0, 0.05) is 6.92 Å². The summed E-state index contributed by atoms with van der Waals surface area (Å²) in [5, 5.41) is 15.8. The number of methoxy groups -OCH3 is 2. The lowest BCUT2D eigenvalue weighted by atomic mass is 10.1. The lowest BCUT2D eigenvalue weighted by Crippen LogP contribution is -2.25. The topological polar surface area (TPSA) is 80.6 Å². The fraction of sp³-hybridized carbons (Fsp3) is 0.222. The standard InChI is InChI=1S/C18H18N2O5/c1-11(21)20-18(13-8-6-10-15(24-3)16(13)22)25-17(19-20)12-7-4-5-9-14(12)23-2/h4-10,18,22H,1-3H3/t18-/m0/s1. The van der Waals surface area contributed by atoms with Gasteiger partial charge in [0.05, 0.1) is 25.3 Å². The van der Waals surface area contributed by atoms with Crippen molar-refractivity contribution < 1.29 is 24.1 Å². The molecule has 1 aliphatic heterocycles. The van der Waals surface area contributed by atoms with Crippen molar-refractivity contribution in [2.24, 2.45) is 5.10 Å². The molecule has 2 aromatic carbocycles. The van der Waals surface area contributed by atoms with Crippen LogP contribution < -0.4 is 9.47 Å². The highest BCUT2D eigenvalue weighted by molar-refractivity contribution is 5.98. The van der Waals surface area contributed by atoms with Crippen LogP contribution in [0.5, 0.6) is 17.2 Å². The minimum atomic E-state index is -0.896. The molecule has 7 heteroatoms. The molecule has 0 unspecified atom stereocenters. The summed E-state index contributed by atoms with van der Waals surface area (Å²) in [6.07, 6.45) is -0.896. The van der Waals surface area contributed by atoms with Crippen molar-refractivity contribution in [3.05, 3.63) is 53.6 Å². The van der Waals surface area contributed by atoms with E-state index >= 15 is 0 Å². The number of phenolic OH excluding ortho intramolecular Hbond substituents is 1. The Kier molecular flexibility index (Phi) is 4.47. The molecular weight excluding hydrogens is 324 g/mol. The maximum absolute atomic E-state index is 12.0. The van der Waals surface area contributed by atoms with E-state index in [9.17, 15) is 9.90 Å². The third kappa shape index (κ3) is 2.96. The quantitative estimate of drug-likeness (QED) is 0.924. The van der Waals surface area contributed by atoms with Crippen molar-refractivity contribution in [2.75, 3.05) is 14.2 Å². The highest BCUT2D eigenvalue weighted by atomic mass is 16.5. The summed E-state index contributed by atoms with van der Waals surface area (Å²) in [5.74, 6) is 0.672. The summed E-state index contributed by atoms with van der Waals surface area (Å²) < 4.78 is 16.3. The normalized spacial score (nSPS) is 16.2. The van der Waals surface area contributed by atoms with E-state index in [1.807, 2.05) is 12.1 Å². The van der Waals surface area contributed by atoms with Gasteiger partial charge in [0.2, 0.25) is 18.0 Å². The summed E-state index contributed by atoms with van der Waals surface area (Å²) in [6.45, 7) is 1.38. The Hall–Kier alpha value is -3.22. The number of aromatic hydroxyl groups is 1. The molecule has 1 heterocycles. The van der Waals surface area contributed by atoms with Crippen LogP contribution in [0.25, 0.3) is 0 Å². The van der Waals surface area contributed by atoms with Crippen LogP contribution in [0.2, 0.25) is 0 Å². The first-order valence-corrected chi connectivity index (χ1v) is 7.61. The number of carbonyl (C=O) groups is 1. The molecule has 0 spiro atoms. The Morgan fingerprint density at radius 1 is 1.12 bits per heavy atom. The molecule has 0 aliphatic carbocycles. The summed E-state index contributed by atoms with van der Waals surface area (Å²) in [5.41, 5.74) is 0.990. The second kappa shape index (κ2) is 6.72. The molecule has 130 valence electrons. The first kappa shape index (κ1) is 16.6. The lowest BCUT2D eigenvalue weighted by Gasteiger charge is -2.21. The Bertz CT molecular complexity index is 834. The molecule has 2 aromatic rings. The largest absolute Gasteiger partial charge is 0.504 e. The number of carbonyl (C=O) groups excluding carboxylic acids is 1. The number of hydrazone groups is 1. The van der Waals surface area contributed by atoms with Gasteiger partial charge < -0.3 is 19.3 Å². The molecule has 0 saturated heterocycles. The first-order valence-electron chi connectivity index (χ1n) is 7.61. The number of rotatable bonds is 4. The lowest BCUT2D eigenvalue weighted by molar-refractivity contribution is -0.135. The van der Waals surface area contributed by atoms with Gasteiger partial charge in [0.1, 0.15) is 5.75 Å². The zero-order valence-electron chi connectivity index (χ0n) is 14.1. The summed E-state index contributed by atoms with van der Waals surface area (Å²) >= 11 is 0. The number of phenols is 1. The van der Waals surface area contributed by atoms with Crippen LogP contribution in [0.3, 0.4) is 0 Å². The summed E-state index contributed by atoms with van der Waals surface area (Å²) in [4.78, 5) is 12.0. The molecule has 25 heavy (non-hydrogen) atoms. The van der Waals surface area contributed by atoms with E-state index in [0.717, 1.165) is 0 Å². The molecule has 0 fully saturated rings. The Morgan fingerprint density at radius 3 is 2.48 bits per heavy atom. The summed E-state index contributed by atoms with van der Waals surface area (Å²) in [6, 6.07) is 12.2. The predicted molar refractivity (Wildman–Crippen MR) is 90.5 cm³/mol. The third-order valence-electron chi connectivity index (χ3n) is 3.82. The zero-order chi connectivity index (χ0) is 18.0. The van der Waals surface area contributed by atoms with Crippen molar-refractivity contribution in [2.45, 2.75) is 13.2 Å². The van der Waals surface area contributed by atoms with E-state index in [1.54, 1.807) is 37.4 Å². The van der Waals surface area contributed by atoms with Crippen molar-refractivity contribution in [1.29, 1.82) is 0 Å². The van der Waals surface area contributed by atoms with Crippen LogP contribution in [-0.2, 0) is 9.53 Å². The van der Waals surface area contributed by atoms with Crippen molar-refractivity contribution in [3.8, 4) is 17.2 Å². The van der Waals surface area contributed by atoms with Crippen molar-refractivity contribution in [3.63, 3.8) is 0 Å². The van der Waals surface area contributed by atoms with E-state index in [1.165, 1.54) is 19.0 Å². The van der Waals surface area contributed by atoms with Gasteiger partial charge in [-0.1, -0.05) is 18.2 Å². The van der Waals surface area contributed by atoms with Gasteiger partial charge in [-0.05, 0) is 24.3 Å². The second-order valence-corrected chi connectivity index (χ2v) is 5.34. The van der Waals surface area contributed by atoms with Gasteiger partial charge in [-0.2, -0.15) is 5.01 Å². The molecule has 0 aromatic heterocycles. The van der Waals surface area contributed by atoms with Crippen LogP contribution in [0.4, 0.5) is 0 Å². The maximum atomic E-state index is 12.0. The van der Waals surface area contributed by atoms with Crippen LogP contribution in [0.1, 0.15) is 24.3 Å². The Morgan fingerprint density at radius 2 is 1.80 bits per heavy atom. The molecule has 0 saturated carbocycles. The van der Waals surface area contributed by atoms with Crippen molar-refractivity contribution >= 4 is 11.8 Å². The minimum absolute atomic E-state index is 0.0993. The van der Waals surface area contributed by atoms with Gasteiger partial charge in [-0.3, -0.25) is 4.79 Å². The molecule has 1 aliphatic rings. The van der Waals surface area contributed by atoms with E-state index in [0.29, 0.717) is 16.9 Å². The van der Waals surface area contributed by atoms with E-state index in [4.69, 9.17) is 14.2 Å². The van der Waals surface area contributed by atoms with Gasteiger partial charge in [-0.15, -0.1) is 5.10 Å². The van der Waals surface area contributed by atoms with Gasteiger partial charge in [0.25, 0.3) is 0 Å². The average molecular weight is 342 g/mol. The number of nitrogens with zero attached hydrogens (tertiary/aromatic N) is 2. The van der Waals surface area contributed by atoms with Crippen LogP contribution in [0.15, 0.2) is 47.6 Å². The van der Waals surface area contributed by atoms with E-state index in [2.05, 4.69) is 5.10 Å². The second-order valence-electron chi connectivity index (χ2n) is 5.34. The molecule has 7 nitrogen and oxygen atoms in total. The number of amides is 1. The molecule has 1 N–H and O–H groups in total. The number of para-hydroxylation sites is 2. The fourth-order valence-electron chi connectivity index (χ4n) is 2.60. The predicted octanol–water partition coefficient (Wildman–Crippen LogP) is 2.65. The third-order valence-corrected chi connectivity index (χ3v) is 3.82. The molecule has 1 atom stereocenters. The number of benzene rings is 2.